The SMILES string of the molecule is CCN1CCCCC1CNC(=NC)NCc1ccc(C)c(F)c1.I. The fourth-order valence-electron chi connectivity index (χ4n) is 3.07. The first kappa shape index (κ1) is 21.2. The standard InChI is InChI=1S/C18H29FN4.HI/c1-4-23-10-6-5-7-16(23)13-22-18(20-3)21-12-15-9-8-14(2)17(19)11-15;/h8-9,11,16H,4-7,10,12-13H2,1-3H3,(H2,20,21,22);1H. The number of likely N-dealkylation sites (N-methyl/N-ethyl adjacent to an activating group) is 1. The summed E-state index contributed by atoms with van der Waals surface area (Å²) in [4.78, 5) is 6.79. The number of nitrogens with one attached hydrogen (secondary N) is 2. The molecular formula is C18H30FIN4. The number of nitrogens with zero attached hydrogens (tertiary/aromatic N) is 2. The minimum atomic E-state index is -0.159. The minimum Gasteiger partial charge on any atom is -0.355 e. The van der Waals surface area contributed by atoms with E-state index in [0.29, 0.717) is 18.2 Å². The van der Waals surface area contributed by atoms with E-state index < -0.39 is 0 Å². The summed E-state index contributed by atoms with van der Waals surface area (Å²) < 4.78 is 13.6. The van der Waals surface area contributed by atoms with Crippen LogP contribution in [0.3, 0.4) is 0 Å². The molecule has 1 fully saturated rings. The molecule has 0 aliphatic carbocycles. The lowest BCUT2D eigenvalue weighted by molar-refractivity contribution is 0.157. The van der Waals surface area contributed by atoms with Crippen molar-refractivity contribution >= 4 is 29.9 Å². The van der Waals surface area contributed by atoms with Crippen molar-refractivity contribution in [3.63, 3.8) is 0 Å². The average molecular weight is 448 g/mol. The highest BCUT2D eigenvalue weighted by atomic mass is 127. The van der Waals surface area contributed by atoms with Crippen molar-refractivity contribution in [3.05, 3.63) is 35.1 Å². The van der Waals surface area contributed by atoms with E-state index in [0.717, 1.165) is 24.6 Å². The van der Waals surface area contributed by atoms with E-state index in [4.69, 9.17) is 0 Å². The smallest absolute Gasteiger partial charge is 0.191 e. The first-order chi connectivity index (χ1) is 11.1. The van der Waals surface area contributed by atoms with Gasteiger partial charge >= 0.3 is 0 Å². The summed E-state index contributed by atoms with van der Waals surface area (Å²) in [5, 5.41) is 6.66. The molecule has 1 unspecified atom stereocenters. The monoisotopic (exact) mass is 448 g/mol. The highest BCUT2D eigenvalue weighted by Crippen LogP contribution is 2.15. The van der Waals surface area contributed by atoms with Gasteiger partial charge in [-0.15, -0.1) is 24.0 Å². The van der Waals surface area contributed by atoms with Crippen molar-refractivity contribution in [2.45, 2.75) is 45.7 Å². The Bertz CT molecular complexity index is 536. The molecular weight excluding hydrogens is 418 g/mol. The van der Waals surface area contributed by atoms with Crippen LogP contribution in [0.1, 0.15) is 37.3 Å². The van der Waals surface area contributed by atoms with E-state index in [1.807, 2.05) is 12.1 Å². The first-order valence-corrected chi connectivity index (χ1v) is 8.57. The van der Waals surface area contributed by atoms with Gasteiger partial charge in [-0.05, 0) is 50.0 Å². The van der Waals surface area contributed by atoms with Crippen LogP contribution in [0.4, 0.5) is 4.39 Å². The lowest BCUT2D eigenvalue weighted by Crippen LogP contribution is -2.48. The van der Waals surface area contributed by atoms with Gasteiger partial charge in [0, 0.05) is 26.2 Å². The molecule has 0 spiro atoms. The fourth-order valence-corrected chi connectivity index (χ4v) is 3.07. The van der Waals surface area contributed by atoms with E-state index >= 15 is 0 Å². The Labute approximate surface area is 162 Å². The molecule has 2 N–H and O–H groups in total. The zero-order valence-electron chi connectivity index (χ0n) is 14.9. The zero-order chi connectivity index (χ0) is 16.7. The number of hydrogen-bond acceptors (Lipinski definition) is 2. The molecule has 0 bridgehead atoms. The summed E-state index contributed by atoms with van der Waals surface area (Å²) >= 11 is 0. The maximum Gasteiger partial charge on any atom is 0.191 e. The molecule has 0 radical (unpaired) electrons. The van der Waals surface area contributed by atoms with Gasteiger partial charge in [0.2, 0.25) is 0 Å². The number of likely N-dealkylation sites (tertiary alicyclic amines) is 1. The molecule has 6 heteroatoms. The second-order valence-corrected chi connectivity index (χ2v) is 6.17. The van der Waals surface area contributed by atoms with Crippen LogP contribution in [0.5, 0.6) is 0 Å². The summed E-state index contributed by atoms with van der Waals surface area (Å²) in [6.07, 6.45) is 3.84. The summed E-state index contributed by atoms with van der Waals surface area (Å²) in [5.41, 5.74) is 1.59. The lowest BCUT2D eigenvalue weighted by Gasteiger charge is -2.35. The Morgan fingerprint density at radius 1 is 1.33 bits per heavy atom. The van der Waals surface area contributed by atoms with Gasteiger partial charge in [-0.2, -0.15) is 0 Å². The minimum absolute atomic E-state index is 0. The van der Waals surface area contributed by atoms with Gasteiger partial charge in [0.1, 0.15) is 5.82 Å². The summed E-state index contributed by atoms with van der Waals surface area (Å²) in [5.74, 6) is 0.612. The maximum absolute atomic E-state index is 13.6. The predicted octanol–water partition coefficient (Wildman–Crippen LogP) is 3.29. The van der Waals surface area contributed by atoms with Gasteiger partial charge in [-0.25, -0.2) is 4.39 Å². The van der Waals surface area contributed by atoms with Gasteiger partial charge in [0.25, 0.3) is 0 Å². The van der Waals surface area contributed by atoms with Crippen LogP contribution in [0, 0.1) is 12.7 Å². The number of hydrogen-bond donors (Lipinski definition) is 2. The van der Waals surface area contributed by atoms with E-state index in [2.05, 4.69) is 27.4 Å². The van der Waals surface area contributed by atoms with Crippen molar-refractivity contribution in [1.82, 2.24) is 15.5 Å². The molecule has 136 valence electrons. The molecule has 1 aromatic rings. The van der Waals surface area contributed by atoms with Crippen LogP contribution >= 0.6 is 24.0 Å². The summed E-state index contributed by atoms with van der Waals surface area (Å²) in [7, 11) is 1.77. The number of aryl methyl sites for hydroxylation is 1. The molecule has 24 heavy (non-hydrogen) atoms. The molecule has 0 amide bonds. The van der Waals surface area contributed by atoms with Gasteiger partial charge in [0.15, 0.2) is 5.96 Å². The van der Waals surface area contributed by atoms with Crippen molar-refractivity contribution in [2.75, 3.05) is 26.7 Å². The quantitative estimate of drug-likeness (QED) is 0.413. The molecule has 1 atom stereocenters. The second-order valence-electron chi connectivity index (χ2n) is 6.17. The molecule has 1 aromatic carbocycles. The van der Waals surface area contributed by atoms with Crippen LogP contribution in [0.15, 0.2) is 23.2 Å². The Kier molecular flexibility index (Phi) is 9.58. The van der Waals surface area contributed by atoms with Gasteiger partial charge < -0.3 is 10.6 Å². The van der Waals surface area contributed by atoms with Crippen LogP contribution in [-0.4, -0.2) is 43.6 Å². The highest BCUT2D eigenvalue weighted by Gasteiger charge is 2.20. The van der Waals surface area contributed by atoms with Gasteiger partial charge in [-0.1, -0.05) is 25.5 Å². The van der Waals surface area contributed by atoms with Gasteiger partial charge in [0.05, 0.1) is 0 Å². The van der Waals surface area contributed by atoms with E-state index in [-0.39, 0.29) is 29.8 Å². The molecule has 0 saturated carbocycles. The van der Waals surface area contributed by atoms with E-state index in [1.165, 1.54) is 25.8 Å². The largest absolute Gasteiger partial charge is 0.355 e. The number of benzene rings is 1. The van der Waals surface area contributed by atoms with Crippen LogP contribution in [0.25, 0.3) is 0 Å². The third kappa shape index (κ3) is 6.20. The summed E-state index contributed by atoms with van der Waals surface area (Å²) in [6, 6.07) is 5.90. The normalized spacial score (nSPS) is 18.8. The van der Waals surface area contributed by atoms with Crippen molar-refractivity contribution < 1.29 is 4.39 Å². The average Bonchev–Trinajstić information content (AvgIpc) is 2.58. The number of aliphatic imine (C=N–C) groups is 1. The third-order valence-electron chi connectivity index (χ3n) is 4.58. The van der Waals surface area contributed by atoms with Crippen molar-refractivity contribution in [3.8, 4) is 0 Å². The molecule has 2 rings (SSSR count). The number of rotatable bonds is 5. The number of halogens is 2. The lowest BCUT2D eigenvalue weighted by atomic mass is 10.0. The van der Waals surface area contributed by atoms with E-state index in [1.54, 1.807) is 20.0 Å². The fraction of sp³-hybridized carbons (Fsp3) is 0.611. The summed E-state index contributed by atoms with van der Waals surface area (Å²) in [6.45, 7) is 7.75. The molecule has 4 nitrogen and oxygen atoms in total. The first-order valence-electron chi connectivity index (χ1n) is 8.57. The number of piperidine rings is 1. The molecule has 1 aliphatic rings. The van der Waals surface area contributed by atoms with Crippen LogP contribution < -0.4 is 10.6 Å². The predicted molar refractivity (Wildman–Crippen MR) is 110 cm³/mol. The third-order valence-corrected chi connectivity index (χ3v) is 4.58. The van der Waals surface area contributed by atoms with Crippen LogP contribution in [-0.2, 0) is 6.54 Å². The Morgan fingerprint density at radius 2 is 2.12 bits per heavy atom. The van der Waals surface area contributed by atoms with Crippen LogP contribution in [0.2, 0.25) is 0 Å². The molecule has 1 heterocycles. The Morgan fingerprint density at radius 3 is 2.79 bits per heavy atom. The zero-order valence-corrected chi connectivity index (χ0v) is 17.3. The molecule has 1 aliphatic heterocycles. The molecule has 0 aromatic heterocycles. The van der Waals surface area contributed by atoms with Crippen molar-refractivity contribution in [1.29, 1.82) is 0 Å². The maximum atomic E-state index is 13.6. The topological polar surface area (TPSA) is 39.7 Å². The number of guanidine groups is 1. The Hall–Kier alpha value is -0.890. The Balaban J connectivity index is 0.00000288. The van der Waals surface area contributed by atoms with Gasteiger partial charge in [-0.3, -0.25) is 9.89 Å². The second kappa shape index (κ2) is 10.9. The van der Waals surface area contributed by atoms with Crippen molar-refractivity contribution in [2.24, 2.45) is 4.99 Å². The highest BCUT2D eigenvalue weighted by molar-refractivity contribution is 14.0. The molecule has 1 saturated heterocycles. The van der Waals surface area contributed by atoms with E-state index in [9.17, 15) is 4.39 Å².